The van der Waals surface area contributed by atoms with E-state index in [4.69, 9.17) is 0 Å². The first-order valence-corrected chi connectivity index (χ1v) is 10.8. The van der Waals surface area contributed by atoms with Crippen LogP contribution in [0.25, 0.3) is 22.0 Å². The summed E-state index contributed by atoms with van der Waals surface area (Å²) in [6, 6.07) is 8.31. The molecule has 4 rings (SSSR count). The molecular weight excluding hydrogens is 485 g/mol. The highest BCUT2D eigenvalue weighted by atomic mass is 19.4. The van der Waals surface area contributed by atoms with Gasteiger partial charge >= 0.3 is 6.18 Å². The predicted molar refractivity (Wildman–Crippen MR) is 124 cm³/mol. The van der Waals surface area contributed by atoms with E-state index in [2.05, 4.69) is 15.4 Å². The summed E-state index contributed by atoms with van der Waals surface area (Å²) in [5.74, 6) is -0.655. The highest BCUT2D eigenvalue weighted by molar-refractivity contribution is 5.86. The van der Waals surface area contributed by atoms with Gasteiger partial charge < -0.3 is 9.88 Å². The van der Waals surface area contributed by atoms with E-state index in [1.165, 1.54) is 25.4 Å². The van der Waals surface area contributed by atoms with Crippen LogP contribution in [0.2, 0.25) is 0 Å². The Morgan fingerprint density at radius 3 is 2.64 bits per heavy atom. The molecule has 0 aliphatic rings. The first-order valence-electron chi connectivity index (χ1n) is 10.8. The Kier molecular flexibility index (Phi) is 6.86. The molecule has 0 bridgehead atoms. The number of nitrogens with zero attached hydrogens (tertiary/aromatic N) is 3. The van der Waals surface area contributed by atoms with Gasteiger partial charge in [-0.3, -0.25) is 14.6 Å². The molecule has 2 atom stereocenters. The second-order valence-corrected chi connectivity index (χ2v) is 8.27. The Morgan fingerprint density at radius 1 is 1.17 bits per heavy atom. The Bertz CT molecular complexity index is 1500. The lowest BCUT2D eigenvalue weighted by Gasteiger charge is -2.20. The average molecular weight is 505 g/mol. The molecule has 188 valence electrons. The number of fused-ring (bicyclic) bond motifs is 1. The first kappa shape index (κ1) is 25.0. The fourth-order valence-corrected chi connectivity index (χ4v) is 3.95. The van der Waals surface area contributed by atoms with Crippen LogP contribution in [0.3, 0.4) is 0 Å². The lowest BCUT2D eigenvalue weighted by molar-refractivity contribution is -0.138. The molecule has 4 aromatic rings. The van der Waals surface area contributed by atoms with Crippen LogP contribution in [0, 0.1) is 5.82 Å². The van der Waals surface area contributed by atoms with Crippen LogP contribution >= 0.6 is 0 Å². The fraction of sp³-hybridized carbons (Fsp3) is 0.250. The summed E-state index contributed by atoms with van der Waals surface area (Å²) in [6.07, 6.45) is -3.15. The van der Waals surface area contributed by atoms with Gasteiger partial charge in [-0.25, -0.2) is 13.9 Å². The SMILES string of the molecule is C[C@@H](C[C@@H](F)Cn1ccc2cc(-c3ccccn3)c(F)cc2c1=O)Nc1cn[nH]c(=O)c1C(F)(F)F. The third-order valence-corrected chi connectivity index (χ3v) is 5.55. The summed E-state index contributed by atoms with van der Waals surface area (Å²) >= 11 is 0. The van der Waals surface area contributed by atoms with Gasteiger partial charge in [0.2, 0.25) is 0 Å². The van der Waals surface area contributed by atoms with Crippen molar-refractivity contribution >= 4 is 16.5 Å². The van der Waals surface area contributed by atoms with Gasteiger partial charge in [-0.2, -0.15) is 18.3 Å². The van der Waals surface area contributed by atoms with Crippen molar-refractivity contribution in [2.45, 2.75) is 38.3 Å². The van der Waals surface area contributed by atoms with Gasteiger partial charge in [0.1, 0.15) is 17.6 Å². The summed E-state index contributed by atoms with van der Waals surface area (Å²) in [7, 11) is 0. The molecule has 0 radical (unpaired) electrons. The zero-order chi connectivity index (χ0) is 26.0. The second kappa shape index (κ2) is 9.88. The number of anilines is 1. The molecule has 3 aromatic heterocycles. The minimum atomic E-state index is -4.93. The van der Waals surface area contributed by atoms with Gasteiger partial charge in [0.25, 0.3) is 11.1 Å². The van der Waals surface area contributed by atoms with Crippen molar-refractivity contribution in [1.82, 2.24) is 19.7 Å². The lowest BCUT2D eigenvalue weighted by Crippen LogP contribution is -2.30. The molecule has 0 aliphatic heterocycles. The Balaban J connectivity index is 1.51. The van der Waals surface area contributed by atoms with E-state index in [-0.39, 0.29) is 17.4 Å². The number of halogens is 5. The van der Waals surface area contributed by atoms with Crippen LogP contribution in [0.5, 0.6) is 0 Å². The Hall–Kier alpha value is -4.09. The number of alkyl halides is 4. The van der Waals surface area contributed by atoms with E-state index in [1.54, 1.807) is 29.4 Å². The number of hydrogen-bond acceptors (Lipinski definition) is 5. The van der Waals surface area contributed by atoms with E-state index in [9.17, 15) is 31.5 Å². The first-order chi connectivity index (χ1) is 17.0. The summed E-state index contributed by atoms with van der Waals surface area (Å²) in [6.45, 7) is 1.04. The van der Waals surface area contributed by atoms with Gasteiger partial charge in [-0.15, -0.1) is 0 Å². The third kappa shape index (κ3) is 5.26. The molecule has 0 aliphatic carbocycles. The number of H-pyrrole nitrogens is 1. The minimum absolute atomic E-state index is 0.0532. The highest BCUT2D eigenvalue weighted by Crippen LogP contribution is 2.32. The average Bonchev–Trinajstić information content (AvgIpc) is 2.80. The molecule has 0 spiro atoms. The zero-order valence-electron chi connectivity index (χ0n) is 18.8. The standard InChI is InChI=1S/C24H20F5N5O2/c1-13(32-20-11-31-33-22(35)21(20)24(27,28)29)8-15(25)12-34-7-5-14-9-17(19-4-2-3-6-30-19)18(26)10-16(14)23(34)36/h2-7,9-11,13,15H,8,12H2,1H3,(H2,32,33,35)/t13-,15+/m0/s1. The molecule has 0 amide bonds. The van der Waals surface area contributed by atoms with Crippen LogP contribution < -0.4 is 16.4 Å². The largest absolute Gasteiger partial charge is 0.423 e. The predicted octanol–water partition coefficient (Wildman–Crippen LogP) is 4.53. The fourth-order valence-electron chi connectivity index (χ4n) is 3.95. The van der Waals surface area contributed by atoms with Crippen molar-refractivity contribution in [2.75, 3.05) is 5.32 Å². The number of benzene rings is 1. The smallest absolute Gasteiger partial charge is 0.381 e. The molecule has 0 unspecified atom stereocenters. The molecule has 0 saturated carbocycles. The maximum Gasteiger partial charge on any atom is 0.423 e. The minimum Gasteiger partial charge on any atom is -0.381 e. The monoisotopic (exact) mass is 505 g/mol. The van der Waals surface area contributed by atoms with Crippen molar-refractivity contribution < 1.29 is 22.0 Å². The van der Waals surface area contributed by atoms with Crippen LogP contribution in [0.1, 0.15) is 18.9 Å². The van der Waals surface area contributed by atoms with Crippen LogP contribution in [-0.4, -0.2) is 32.0 Å². The summed E-state index contributed by atoms with van der Waals surface area (Å²) in [4.78, 5) is 28.6. The van der Waals surface area contributed by atoms with Crippen LogP contribution in [0.4, 0.5) is 27.6 Å². The number of aromatic nitrogens is 4. The van der Waals surface area contributed by atoms with Crippen molar-refractivity contribution in [3.05, 3.63) is 87.1 Å². The molecule has 0 saturated heterocycles. The van der Waals surface area contributed by atoms with Gasteiger partial charge in [-0.05, 0) is 42.6 Å². The van der Waals surface area contributed by atoms with Crippen molar-refractivity contribution in [2.24, 2.45) is 0 Å². The summed E-state index contributed by atoms with van der Waals surface area (Å²) < 4.78 is 70.2. The van der Waals surface area contributed by atoms with Crippen molar-refractivity contribution in [3.8, 4) is 11.3 Å². The Morgan fingerprint density at radius 2 is 1.94 bits per heavy atom. The van der Waals surface area contributed by atoms with Crippen molar-refractivity contribution in [3.63, 3.8) is 0 Å². The third-order valence-electron chi connectivity index (χ3n) is 5.55. The van der Waals surface area contributed by atoms with E-state index >= 15 is 0 Å². The molecule has 3 heterocycles. The van der Waals surface area contributed by atoms with Crippen LogP contribution in [-0.2, 0) is 12.7 Å². The summed E-state index contributed by atoms with van der Waals surface area (Å²) in [5.41, 5.74) is -3.45. The highest BCUT2D eigenvalue weighted by Gasteiger charge is 2.37. The topological polar surface area (TPSA) is 92.7 Å². The van der Waals surface area contributed by atoms with E-state index in [0.717, 1.165) is 16.8 Å². The molecule has 36 heavy (non-hydrogen) atoms. The number of rotatable bonds is 7. The molecular formula is C24H20F5N5O2. The Labute approximate surface area is 200 Å². The normalized spacial score (nSPS) is 13.5. The second-order valence-electron chi connectivity index (χ2n) is 8.27. The van der Waals surface area contributed by atoms with E-state index in [0.29, 0.717) is 11.1 Å². The maximum atomic E-state index is 14.8. The van der Waals surface area contributed by atoms with E-state index in [1.807, 2.05) is 0 Å². The van der Waals surface area contributed by atoms with Gasteiger partial charge in [0, 0.05) is 30.4 Å². The summed E-state index contributed by atoms with van der Waals surface area (Å²) in [5, 5.41) is 8.05. The maximum absolute atomic E-state index is 14.8. The number of hydrogen-bond donors (Lipinski definition) is 2. The quantitative estimate of drug-likeness (QED) is 0.360. The molecule has 0 fully saturated rings. The van der Waals surface area contributed by atoms with Gasteiger partial charge in [0.05, 0.1) is 29.5 Å². The number of aromatic amines is 1. The number of nitrogens with one attached hydrogen (secondary N) is 2. The van der Waals surface area contributed by atoms with Gasteiger partial charge in [0.15, 0.2) is 0 Å². The molecule has 1 aromatic carbocycles. The lowest BCUT2D eigenvalue weighted by atomic mass is 10.0. The van der Waals surface area contributed by atoms with Crippen LogP contribution in [0.15, 0.2) is 64.6 Å². The zero-order valence-corrected chi connectivity index (χ0v) is 18.8. The molecule has 2 N–H and O–H groups in total. The van der Waals surface area contributed by atoms with E-state index < -0.39 is 53.1 Å². The van der Waals surface area contributed by atoms with Crippen molar-refractivity contribution in [1.29, 1.82) is 0 Å². The number of pyridine rings is 2. The molecule has 12 heteroatoms. The molecule has 7 nitrogen and oxygen atoms in total. The van der Waals surface area contributed by atoms with Gasteiger partial charge in [-0.1, -0.05) is 6.07 Å².